The quantitative estimate of drug-likeness (QED) is 0.111. The number of rotatable bonds is 14. The van der Waals surface area contributed by atoms with Crippen LogP contribution in [0.15, 0.2) is 47.0 Å². The molecule has 432 valence electrons. The molecule has 78 heavy (non-hydrogen) atoms. The fraction of sp³-hybridized carbons (Fsp3) is 0.623. The van der Waals surface area contributed by atoms with E-state index in [1.807, 2.05) is 41.5 Å². The van der Waals surface area contributed by atoms with Crippen LogP contribution in [0.2, 0.25) is 5.15 Å². The van der Waals surface area contributed by atoms with E-state index in [4.69, 9.17) is 45.8 Å². The van der Waals surface area contributed by atoms with Crippen molar-refractivity contribution >= 4 is 60.7 Å². The van der Waals surface area contributed by atoms with E-state index in [1.54, 1.807) is 35.8 Å². The maximum atomic E-state index is 12.5. The number of halogens is 1. The van der Waals surface area contributed by atoms with E-state index >= 15 is 0 Å². The van der Waals surface area contributed by atoms with Gasteiger partial charge in [0, 0.05) is 51.9 Å². The van der Waals surface area contributed by atoms with E-state index < -0.39 is 30.9 Å². The van der Waals surface area contributed by atoms with Gasteiger partial charge in [-0.25, -0.2) is 46.4 Å². The summed E-state index contributed by atoms with van der Waals surface area (Å²) in [6, 6.07) is 6.26. The fourth-order valence-corrected chi connectivity index (χ4v) is 11.1. The maximum Gasteiger partial charge on any atom is 0.410 e. The van der Waals surface area contributed by atoms with Gasteiger partial charge in [-0.1, -0.05) is 44.7 Å². The standard InChI is InChI=1S/C24H33N5O6S.C15H22ClN3O4.C9H12N2O2S.C5H12/c1-15-18(8-9-19(27-15)36(31,32)17-6-7-17)28-21-20(33-5)22(26-14-25-21)34-16-10-12-29(13-11-16)23(30)35-24(2,3)4;1-15(2,3)23-14(20)19-7-5-10(6-8-19)22-13-11(21-4)12(16)17-9-18-13;1-6-8(10)4-5-9(11-6)14(12,13)7-2-3-7;1-3-5-4-2/h8-9,14,16-17H,6-7,10-13H2,1-5H3,(H,25,26,28);9-10H,5-8H2,1-4H3;4-5,7H,2-3,10H2,1H3;3-5H2,1-2H3. The Balaban J connectivity index is 0.000000226. The third-order valence-electron chi connectivity index (χ3n) is 12.3. The van der Waals surface area contributed by atoms with Gasteiger partial charge in [-0.2, -0.15) is 9.97 Å². The van der Waals surface area contributed by atoms with Gasteiger partial charge >= 0.3 is 12.2 Å². The highest BCUT2D eigenvalue weighted by Gasteiger charge is 2.39. The van der Waals surface area contributed by atoms with Crippen LogP contribution in [0.1, 0.15) is 137 Å². The lowest BCUT2D eigenvalue weighted by Gasteiger charge is -2.33. The Morgan fingerprint density at radius 2 is 1.06 bits per heavy atom. The van der Waals surface area contributed by atoms with Crippen LogP contribution < -0.4 is 30.0 Å². The predicted octanol–water partition coefficient (Wildman–Crippen LogP) is 9.67. The van der Waals surface area contributed by atoms with Crippen molar-refractivity contribution in [1.29, 1.82) is 0 Å². The van der Waals surface area contributed by atoms with Crippen LogP contribution in [0.3, 0.4) is 0 Å². The van der Waals surface area contributed by atoms with Crippen LogP contribution >= 0.6 is 11.6 Å². The SMILES string of the molecule is CCCCC.COc1c(Cl)ncnc1OC1CCN(C(=O)OC(C)(C)C)CC1.COc1c(Nc2ccc(S(=O)(=O)C3CC3)nc2C)ncnc1OC1CCN(C(=O)OC(C)(C)C)CC1.Cc1nc(S(=O)(=O)C2CC2)ccc1N. The zero-order chi connectivity index (χ0) is 57.6. The third kappa shape index (κ3) is 18.6. The summed E-state index contributed by atoms with van der Waals surface area (Å²) in [6.45, 7) is 21.1. The molecule has 2 aliphatic carbocycles. The maximum absolute atomic E-state index is 12.5. The fourth-order valence-electron chi connectivity index (χ4n) is 7.70. The highest BCUT2D eigenvalue weighted by atomic mass is 35.5. The molecule has 0 unspecified atom stereocenters. The summed E-state index contributed by atoms with van der Waals surface area (Å²) in [5, 5.41) is 3.08. The van der Waals surface area contributed by atoms with Crippen LogP contribution in [0.5, 0.6) is 23.3 Å². The number of hydrogen-bond donors (Lipinski definition) is 2. The number of pyridine rings is 2. The third-order valence-corrected chi connectivity index (χ3v) is 16.9. The Hall–Kier alpha value is -6.01. The van der Waals surface area contributed by atoms with Gasteiger partial charge in [-0.05, 0) is 105 Å². The number of hydrogen-bond acceptors (Lipinski definition) is 20. The number of aromatic nitrogens is 6. The van der Waals surface area contributed by atoms with Crippen LogP contribution in [0.4, 0.5) is 26.8 Å². The van der Waals surface area contributed by atoms with Gasteiger partial charge in [0.1, 0.15) is 36.1 Å². The number of carbonyl (C=O) groups is 2. The molecule has 25 heteroatoms. The number of nitrogens with one attached hydrogen (secondary N) is 1. The largest absolute Gasteiger partial charge is 0.489 e. The van der Waals surface area contributed by atoms with E-state index in [9.17, 15) is 26.4 Å². The molecule has 8 rings (SSSR count). The lowest BCUT2D eigenvalue weighted by Crippen LogP contribution is -2.44. The van der Waals surface area contributed by atoms with Crippen LogP contribution in [-0.2, 0) is 29.1 Å². The lowest BCUT2D eigenvalue weighted by molar-refractivity contribution is 0.0109. The van der Waals surface area contributed by atoms with Crippen LogP contribution in [0.25, 0.3) is 0 Å². The van der Waals surface area contributed by atoms with E-state index in [-0.39, 0.29) is 56.0 Å². The molecule has 0 atom stereocenters. The summed E-state index contributed by atoms with van der Waals surface area (Å²) < 4.78 is 82.0. The molecule has 2 saturated carbocycles. The summed E-state index contributed by atoms with van der Waals surface area (Å²) in [7, 11) is -3.56. The van der Waals surface area contributed by atoms with Crippen molar-refractivity contribution < 1.29 is 54.8 Å². The lowest BCUT2D eigenvalue weighted by atomic mass is 10.1. The molecule has 4 aromatic rings. The number of anilines is 3. The van der Waals surface area contributed by atoms with Gasteiger partial charge in [-0.15, -0.1) is 0 Å². The van der Waals surface area contributed by atoms with Crippen molar-refractivity contribution in [2.45, 2.75) is 184 Å². The number of nitrogen functional groups attached to an aromatic ring is 1. The molecule has 2 aliphatic heterocycles. The molecule has 6 heterocycles. The Labute approximate surface area is 465 Å². The molecule has 4 aliphatic rings. The number of nitrogens with two attached hydrogens (primary N) is 1. The van der Waals surface area contributed by atoms with E-state index in [2.05, 4.69) is 49.1 Å². The molecular weight excluding hydrogens is 1070 g/mol. The van der Waals surface area contributed by atoms with Gasteiger partial charge in [0.15, 0.2) is 40.7 Å². The van der Waals surface area contributed by atoms with E-state index in [1.165, 1.54) is 58.3 Å². The zero-order valence-electron chi connectivity index (χ0n) is 47.1. The van der Waals surface area contributed by atoms with E-state index in [0.717, 1.165) is 12.8 Å². The predicted molar refractivity (Wildman–Crippen MR) is 296 cm³/mol. The van der Waals surface area contributed by atoms with Crippen molar-refractivity contribution in [3.63, 3.8) is 0 Å². The highest BCUT2D eigenvalue weighted by Crippen LogP contribution is 2.38. The van der Waals surface area contributed by atoms with Gasteiger partial charge in [0.2, 0.25) is 11.5 Å². The number of amides is 2. The molecule has 2 amide bonds. The topological polar surface area (TPSA) is 280 Å². The van der Waals surface area contributed by atoms with Gasteiger partial charge < -0.3 is 49.3 Å². The molecule has 4 aromatic heterocycles. The summed E-state index contributed by atoms with van der Waals surface area (Å²) in [4.78, 5) is 52.4. The van der Waals surface area contributed by atoms with Gasteiger partial charge in [0.25, 0.3) is 11.8 Å². The first-order valence-electron chi connectivity index (χ1n) is 26.4. The summed E-state index contributed by atoms with van der Waals surface area (Å²) in [5.41, 5.74) is 6.76. The molecule has 0 radical (unpaired) electrons. The minimum absolute atomic E-state index is 0.0615. The minimum Gasteiger partial charge on any atom is -0.489 e. The zero-order valence-corrected chi connectivity index (χ0v) is 49.5. The number of carbonyl (C=O) groups excluding carboxylic acids is 2. The second kappa shape index (κ2) is 27.7. The summed E-state index contributed by atoms with van der Waals surface area (Å²) >= 11 is 5.95. The number of likely N-dealkylation sites (tertiary alicyclic amines) is 2. The number of piperidine rings is 2. The first-order valence-corrected chi connectivity index (χ1v) is 29.9. The molecule has 22 nitrogen and oxygen atoms in total. The number of sulfone groups is 2. The molecule has 0 aromatic carbocycles. The average molecular weight is 1150 g/mol. The second-order valence-electron chi connectivity index (χ2n) is 21.2. The van der Waals surface area contributed by atoms with Crippen molar-refractivity contribution in [3.8, 4) is 23.3 Å². The minimum atomic E-state index is -3.37. The monoisotopic (exact) mass is 1150 g/mol. The van der Waals surface area contributed by atoms with E-state index in [0.29, 0.717) is 111 Å². The number of unbranched alkanes of at least 4 members (excludes halogenated alkanes) is 2. The molecule has 0 bridgehead atoms. The first-order chi connectivity index (χ1) is 36.7. The molecule has 4 fully saturated rings. The van der Waals surface area contributed by atoms with Crippen molar-refractivity contribution in [2.24, 2.45) is 0 Å². The normalized spacial score (nSPS) is 16.2. The summed E-state index contributed by atoms with van der Waals surface area (Å²) in [5.74, 6) is 1.62. The number of methoxy groups -OCH3 is 2. The van der Waals surface area contributed by atoms with Crippen LogP contribution in [0, 0.1) is 13.8 Å². The number of aryl methyl sites for hydroxylation is 2. The van der Waals surface area contributed by atoms with Crippen molar-refractivity contribution in [1.82, 2.24) is 39.7 Å². The first kappa shape index (κ1) is 62.8. The smallest absolute Gasteiger partial charge is 0.410 e. The van der Waals surface area contributed by atoms with Gasteiger partial charge in [0.05, 0.1) is 47.5 Å². The molecule has 0 spiro atoms. The second-order valence-corrected chi connectivity index (χ2v) is 25.9. The number of nitrogens with zero attached hydrogens (tertiary/aromatic N) is 8. The average Bonchev–Trinajstić information content (AvgIpc) is 4.33. The molecule has 2 saturated heterocycles. The summed E-state index contributed by atoms with van der Waals surface area (Å²) in [6.07, 6.45) is 11.4. The van der Waals surface area contributed by atoms with Crippen LogP contribution in [-0.4, -0.2) is 143 Å². The Morgan fingerprint density at radius 3 is 1.45 bits per heavy atom. The molecular formula is C53H79ClN10O12S2. The number of ether oxygens (including phenoxy) is 6. The molecule has 3 N–H and O–H groups in total. The Bertz CT molecular complexity index is 2860. The Kier molecular flexibility index (Phi) is 22.3. The van der Waals surface area contributed by atoms with Gasteiger partial charge in [-0.3, -0.25) is 0 Å². The van der Waals surface area contributed by atoms with Crippen molar-refractivity contribution in [2.75, 3.05) is 51.4 Å². The highest BCUT2D eigenvalue weighted by molar-refractivity contribution is 7.92. The Morgan fingerprint density at radius 1 is 0.641 bits per heavy atom. The van der Waals surface area contributed by atoms with Crippen molar-refractivity contribution in [3.05, 3.63) is 53.5 Å².